The maximum absolute atomic E-state index is 11.3. The molecule has 0 amide bonds. The Hall–Kier alpha value is -0.790. The molecule has 0 aliphatic heterocycles. The number of hydrogen-bond donors (Lipinski definition) is 0. The third-order valence-electron chi connectivity index (χ3n) is 6.80. The Balaban J connectivity index is 2.06. The summed E-state index contributed by atoms with van der Waals surface area (Å²) in [6.45, 7) is 9.27. The molecule has 3 aliphatic rings. The van der Waals surface area contributed by atoms with E-state index >= 15 is 0 Å². The van der Waals surface area contributed by atoms with Crippen molar-refractivity contribution >= 4 is 5.97 Å². The molecular formula is C17H26O2. The van der Waals surface area contributed by atoms with E-state index in [2.05, 4.69) is 26.8 Å². The molecule has 0 saturated heterocycles. The molecule has 2 saturated carbocycles. The van der Waals surface area contributed by atoms with Crippen LogP contribution in [-0.2, 0) is 9.53 Å². The fourth-order valence-corrected chi connectivity index (χ4v) is 6.15. The molecule has 106 valence electrons. The first-order valence-electron chi connectivity index (χ1n) is 7.71. The molecule has 0 unspecified atom stereocenters. The zero-order valence-electron chi connectivity index (χ0n) is 12.7. The van der Waals surface area contributed by atoms with Crippen molar-refractivity contribution in [2.24, 2.45) is 22.2 Å². The Kier molecular flexibility index (Phi) is 2.69. The Morgan fingerprint density at radius 2 is 2.16 bits per heavy atom. The van der Waals surface area contributed by atoms with Gasteiger partial charge in [-0.25, -0.2) is 0 Å². The molecule has 0 heterocycles. The Morgan fingerprint density at radius 1 is 1.42 bits per heavy atom. The molecule has 0 aromatic heterocycles. The van der Waals surface area contributed by atoms with Gasteiger partial charge in [-0.15, -0.1) is 0 Å². The number of carbonyl (C=O) groups excluding carboxylic acids is 1. The van der Waals surface area contributed by atoms with Gasteiger partial charge in [0.25, 0.3) is 0 Å². The van der Waals surface area contributed by atoms with Crippen LogP contribution in [0.5, 0.6) is 0 Å². The fourth-order valence-electron chi connectivity index (χ4n) is 6.15. The summed E-state index contributed by atoms with van der Waals surface area (Å²) < 4.78 is 5.52. The van der Waals surface area contributed by atoms with Crippen molar-refractivity contribution in [2.75, 3.05) is 6.61 Å². The van der Waals surface area contributed by atoms with Crippen molar-refractivity contribution in [3.05, 3.63) is 11.6 Å². The van der Waals surface area contributed by atoms with Gasteiger partial charge in [-0.3, -0.25) is 4.79 Å². The van der Waals surface area contributed by atoms with Gasteiger partial charge in [-0.2, -0.15) is 0 Å². The first kappa shape index (κ1) is 13.2. The minimum atomic E-state index is -0.136. The van der Waals surface area contributed by atoms with Crippen molar-refractivity contribution in [2.45, 2.75) is 59.8 Å². The third-order valence-corrected chi connectivity index (χ3v) is 6.80. The molecular weight excluding hydrogens is 236 g/mol. The predicted octanol–water partition coefficient (Wildman–Crippen LogP) is 4.10. The van der Waals surface area contributed by atoms with Gasteiger partial charge >= 0.3 is 5.97 Å². The minimum absolute atomic E-state index is 0.128. The van der Waals surface area contributed by atoms with Gasteiger partial charge in [0.2, 0.25) is 0 Å². The Morgan fingerprint density at radius 3 is 2.84 bits per heavy atom. The summed E-state index contributed by atoms with van der Waals surface area (Å²) >= 11 is 0. The second kappa shape index (κ2) is 3.86. The minimum Gasteiger partial charge on any atom is -0.465 e. The van der Waals surface area contributed by atoms with E-state index in [9.17, 15) is 4.79 Å². The van der Waals surface area contributed by atoms with E-state index in [1.54, 1.807) is 0 Å². The third kappa shape index (κ3) is 1.35. The van der Waals surface area contributed by atoms with Crippen LogP contribution in [0.1, 0.15) is 59.8 Å². The quantitative estimate of drug-likeness (QED) is 0.553. The SMILES string of the molecule is CC(=O)OC[C@]12CC[C@H](C)[C@@]13CCC[C@]3(C)C=C2C. The number of esters is 1. The summed E-state index contributed by atoms with van der Waals surface area (Å²) in [4.78, 5) is 11.3. The lowest BCUT2D eigenvalue weighted by Gasteiger charge is -2.49. The van der Waals surface area contributed by atoms with Crippen molar-refractivity contribution in [1.82, 2.24) is 0 Å². The summed E-state index contributed by atoms with van der Waals surface area (Å²) in [5.41, 5.74) is 2.29. The van der Waals surface area contributed by atoms with Gasteiger partial charge in [0.1, 0.15) is 6.61 Å². The van der Waals surface area contributed by atoms with E-state index in [4.69, 9.17) is 4.74 Å². The lowest BCUT2D eigenvalue weighted by atomic mass is 9.55. The molecule has 4 atom stereocenters. The first-order valence-corrected chi connectivity index (χ1v) is 7.71. The molecule has 19 heavy (non-hydrogen) atoms. The van der Waals surface area contributed by atoms with Crippen LogP contribution in [0.3, 0.4) is 0 Å². The Bertz CT molecular complexity index is 452. The van der Waals surface area contributed by atoms with E-state index in [0.717, 1.165) is 5.92 Å². The van der Waals surface area contributed by atoms with Crippen LogP contribution in [0.15, 0.2) is 11.6 Å². The average molecular weight is 262 g/mol. The fraction of sp³-hybridized carbons (Fsp3) is 0.824. The van der Waals surface area contributed by atoms with Crippen molar-refractivity contribution < 1.29 is 9.53 Å². The number of carbonyl (C=O) groups is 1. The molecule has 1 spiro atoms. The first-order chi connectivity index (χ1) is 8.88. The maximum atomic E-state index is 11.3. The van der Waals surface area contributed by atoms with Crippen molar-refractivity contribution in [3.63, 3.8) is 0 Å². The molecule has 0 aromatic rings. The summed E-state index contributed by atoms with van der Waals surface area (Å²) in [7, 11) is 0. The zero-order valence-corrected chi connectivity index (χ0v) is 12.7. The van der Waals surface area contributed by atoms with E-state index in [1.807, 2.05) is 0 Å². The molecule has 3 rings (SSSR count). The van der Waals surface area contributed by atoms with Gasteiger partial charge in [0, 0.05) is 12.3 Å². The molecule has 0 aromatic carbocycles. The highest BCUT2D eigenvalue weighted by molar-refractivity contribution is 5.66. The highest BCUT2D eigenvalue weighted by Crippen LogP contribution is 2.77. The summed E-state index contributed by atoms with van der Waals surface area (Å²) in [6.07, 6.45) is 8.93. The smallest absolute Gasteiger partial charge is 0.302 e. The topological polar surface area (TPSA) is 26.3 Å². The lowest BCUT2D eigenvalue weighted by Crippen LogP contribution is -2.47. The average Bonchev–Trinajstić information content (AvgIpc) is 2.86. The van der Waals surface area contributed by atoms with Crippen LogP contribution >= 0.6 is 0 Å². The van der Waals surface area contributed by atoms with Gasteiger partial charge in [0.15, 0.2) is 0 Å². The zero-order chi connectivity index (χ0) is 13.9. The van der Waals surface area contributed by atoms with Crippen LogP contribution in [0.4, 0.5) is 0 Å². The number of ether oxygens (including phenoxy) is 1. The highest BCUT2D eigenvalue weighted by Gasteiger charge is 2.71. The number of allylic oxidation sites excluding steroid dienone is 1. The van der Waals surface area contributed by atoms with Crippen molar-refractivity contribution in [1.29, 1.82) is 0 Å². The summed E-state index contributed by atoms with van der Waals surface area (Å²) in [5.74, 6) is 0.604. The molecule has 2 nitrogen and oxygen atoms in total. The van der Waals surface area contributed by atoms with Gasteiger partial charge in [0.05, 0.1) is 0 Å². The van der Waals surface area contributed by atoms with Crippen LogP contribution in [-0.4, -0.2) is 12.6 Å². The Labute approximate surface area is 116 Å². The normalized spacial score (nSPS) is 47.8. The van der Waals surface area contributed by atoms with E-state index in [0.29, 0.717) is 17.4 Å². The maximum Gasteiger partial charge on any atom is 0.302 e. The standard InChI is InChI=1S/C17H26O2/c1-12-6-9-16(11-19-14(3)18)13(2)10-15(4)7-5-8-17(12,15)16/h10,12H,5-9,11H2,1-4H3/t12-,15+,16-,17+/m0/s1. The highest BCUT2D eigenvalue weighted by atomic mass is 16.5. The van der Waals surface area contributed by atoms with Gasteiger partial charge in [-0.1, -0.05) is 31.9 Å². The largest absolute Gasteiger partial charge is 0.465 e. The van der Waals surface area contributed by atoms with Crippen LogP contribution in [0.2, 0.25) is 0 Å². The lowest BCUT2D eigenvalue weighted by molar-refractivity contribution is -0.147. The van der Waals surface area contributed by atoms with Crippen LogP contribution in [0, 0.1) is 22.2 Å². The van der Waals surface area contributed by atoms with Crippen LogP contribution < -0.4 is 0 Å². The van der Waals surface area contributed by atoms with E-state index in [-0.39, 0.29) is 11.4 Å². The predicted molar refractivity (Wildman–Crippen MR) is 75.6 cm³/mol. The molecule has 3 aliphatic carbocycles. The second-order valence-electron chi connectivity index (χ2n) is 7.37. The second-order valence-corrected chi connectivity index (χ2v) is 7.37. The summed E-state index contributed by atoms with van der Waals surface area (Å²) in [5, 5.41) is 0. The van der Waals surface area contributed by atoms with Gasteiger partial charge < -0.3 is 4.74 Å². The number of rotatable bonds is 2. The van der Waals surface area contributed by atoms with Gasteiger partial charge in [-0.05, 0) is 49.4 Å². The van der Waals surface area contributed by atoms with E-state index in [1.165, 1.54) is 44.6 Å². The number of hydrogen-bond acceptors (Lipinski definition) is 2. The van der Waals surface area contributed by atoms with Crippen LogP contribution in [0.25, 0.3) is 0 Å². The van der Waals surface area contributed by atoms with E-state index < -0.39 is 0 Å². The molecule has 2 heteroatoms. The molecule has 0 N–H and O–H groups in total. The molecule has 2 fully saturated rings. The molecule has 0 bridgehead atoms. The van der Waals surface area contributed by atoms with Crippen molar-refractivity contribution in [3.8, 4) is 0 Å². The monoisotopic (exact) mass is 262 g/mol. The molecule has 0 radical (unpaired) electrons. The summed E-state index contributed by atoms with van der Waals surface area (Å²) in [6, 6.07) is 0.